The second-order valence-corrected chi connectivity index (χ2v) is 6.07. The molecule has 0 saturated carbocycles. The number of halogens is 1. The van der Waals surface area contributed by atoms with E-state index in [1.54, 1.807) is 19.2 Å². The van der Waals surface area contributed by atoms with Gasteiger partial charge in [0.2, 0.25) is 0 Å². The Labute approximate surface area is 155 Å². The number of ketones is 1. The van der Waals surface area contributed by atoms with Gasteiger partial charge in [-0.2, -0.15) is 0 Å². The second kappa shape index (κ2) is 8.05. The zero-order valence-corrected chi connectivity index (χ0v) is 15.6. The van der Waals surface area contributed by atoms with Crippen molar-refractivity contribution in [1.29, 1.82) is 0 Å². The molecule has 0 aliphatic carbocycles. The molecular formula is C18H19ClN2O5. The number of ether oxygens (including phenoxy) is 2. The van der Waals surface area contributed by atoms with Gasteiger partial charge in [-0.25, -0.2) is 4.79 Å². The van der Waals surface area contributed by atoms with E-state index in [9.17, 15) is 14.4 Å². The van der Waals surface area contributed by atoms with Crippen LogP contribution in [0, 0.1) is 0 Å². The summed E-state index contributed by atoms with van der Waals surface area (Å²) in [5.41, 5.74) is 1.02. The van der Waals surface area contributed by atoms with Crippen LogP contribution in [0.3, 0.4) is 0 Å². The summed E-state index contributed by atoms with van der Waals surface area (Å²) in [6.07, 6.45) is 0.488. The number of rotatable bonds is 6. The first-order chi connectivity index (χ1) is 12.2. The van der Waals surface area contributed by atoms with E-state index < -0.39 is 18.0 Å². The number of esters is 1. The molecular weight excluding hydrogens is 360 g/mol. The van der Waals surface area contributed by atoms with Crippen molar-refractivity contribution < 1.29 is 23.9 Å². The first kappa shape index (κ1) is 19.5. The average molecular weight is 379 g/mol. The zero-order chi connectivity index (χ0) is 19.4. The van der Waals surface area contributed by atoms with Gasteiger partial charge >= 0.3 is 5.97 Å². The number of aromatic nitrogens is 1. The molecule has 26 heavy (non-hydrogen) atoms. The minimum Gasteiger partial charge on any atom is -0.495 e. The number of amides is 1. The molecule has 8 heteroatoms. The predicted molar refractivity (Wildman–Crippen MR) is 96.9 cm³/mol. The largest absolute Gasteiger partial charge is 0.495 e. The first-order valence-corrected chi connectivity index (χ1v) is 8.13. The Balaban J connectivity index is 2.03. The number of nitrogens with one attached hydrogen (secondary N) is 1. The summed E-state index contributed by atoms with van der Waals surface area (Å²) < 4.78 is 11.7. The SMILES string of the molecule is COc1ccc(NC(=O)[C@@H](C)OC(=O)c2cc(C(C)=O)cn2C)cc1Cl. The maximum atomic E-state index is 12.2. The molecule has 0 radical (unpaired) electrons. The number of anilines is 1. The molecule has 0 aliphatic rings. The van der Waals surface area contributed by atoms with Gasteiger partial charge in [0, 0.05) is 24.5 Å². The van der Waals surface area contributed by atoms with Crippen molar-refractivity contribution in [3.05, 3.63) is 46.7 Å². The topological polar surface area (TPSA) is 86.6 Å². The number of carbonyl (C=O) groups excluding carboxylic acids is 3. The van der Waals surface area contributed by atoms with Crippen molar-refractivity contribution in [3.63, 3.8) is 0 Å². The third kappa shape index (κ3) is 4.43. The molecule has 0 bridgehead atoms. The van der Waals surface area contributed by atoms with Gasteiger partial charge in [-0.1, -0.05) is 11.6 Å². The zero-order valence-electron chi connectivity index (χ0n) is 14.8. The van der Waals surface area contributed by atoms with Crippen LogP contribution in [0.15, 0.2) is 30.5 Å². The number of hydrogen-bond donors (Lipinski definition) is 1. The van der Waals surface area contributed by atoms with Crippen LogP contribution < -0.4 is 10.1 Å². The van der Waals surface area contributed by atoms with E-state index in [2.05, 4.69) is 5.32 Å². The van der Waals surface area contributed by atoms with Crippen molar-refractivity contribution >= 4 is 34.9 Å². The van der Waals surface area contributed by atoms with Gasteiger partial charge in [0.15, 0.2) is 11.9 Å². The van der Waals surface area contributed by atoms with Gasteiger partial charge in [-0.05, 0) is 38.1 Å². The molecule has 1 atom stereocenters. The van der Waals surface area contributed by atoms with Gasteiger partial charge in [0.05, 0.1) is 12.1 Å². The Hall–Kier alpha value is -2.80. The van der Waals surface area contributed by atoms with E-state index in [1.165, 1.54) is 43.9 Å². The van der Waals surface area contributed by atoms with Gasteiger partial charge < -0.3 is 19.4 Å². The standard InChI is InChI=1S/C18H19ClN2O5/c1-10(22)12-7-15(21(3)9-12)18(24)26-11(2)17(23)20-13-5-6-16(25-4)14(19)8-13/h5-9,11H,1-4H3,(H,20,23)/t11-/m1/s1. The smallest absolute Gasteiger partial charge is 0.355 e. The summed E-state index contributed by atoms with van der Waals surface area (Å²) in [4.78, 5) is 35.8. The van der Waals surface area contributed by atoms with Crippen LogP contribution in [-0.2, 0) is 16.6 Å². The minimum absolute atomic E-state index is 0.165. The molecule has 1 N–H and O–H groups in total. The van der Waals surface area contributed by atoms with Crippen LogP contribution in [0.5, 0.6) is 5.75 Å². The highest BCUT2D eigenvalue weighted by molar-refractivity contribution is 6.32. The number of aryl methyl sites for hydroxylation is 1. The molecule has 0 saturated heterocycles. The molecule has 1 amide bonds. The number of carbonyl (C=O) groups is 3. The number of nitrogens with zero attached hydrogens (tertiary/aromatic N) is 1. The molecule has 0 spiro atoms. The first-order valence-electron chi connectivity index (χ1n) is 7.75. The van der Waals surface area contributed by atoms with E-state index in [0.717, 1.165) is 0 Å². The summed E-state index contributed by atoms with van der Waals surface area (Å²) >= 11 is 6.01. The highest BCUT2D eigenvalue weighted by Crippen LogP contribution is 2.27. The van der Waals surface area contributed by atoms with Gasteiger partial charge in [0.25, 0.3) is 5.91 Å². The van der Waals surface area contributed by atoms with Crippen LogP contribution in [-0.4, -0.2) is 35.4 Å². The van der Waals surface area contributed by atoms with Crippen molar-refractivity contribution in [2.75, 3.05) is 12.4 Å². The Morgan fingerprint density at radius 2 is 1.92 bits per heavy atom. The summed E-state index contributed by atoms with van der Waals surface area (Å²) in [6.45, 7) is 2.85. The molecule has 0 aliphatic heterocycles. The normalized spacial score (nSPS) is 11.6. The summed E-state index contributed by atoms with van der Waals surface area (Å²) in [5, 5.41) is 2.95. The van der Waals surface area contributed by atoms with E-state index in [0.29, 0.717) is 22.0 Å². The van der Waals surface area contributed by atoms with Crippen molar-refractivity contribution in [2.45, 2.75) is 20.0 Å². The summed E-state index contributed by atoms with van der Waals surface area (Å²) in [6, 6.07) is 6.19. The highest BCUT2D eigenvalue weighted by atomic mass is 35.5. The van der Waals surface area contributed by atoms with Crippen molar-refractivity contribution in [3.8, 4) is 5.75 Å². The number of hydrogen-bond acceptors (Lipinski definition) is 5. The quantitative estimate of drug-likeness (QED) is 0.616. The molecule has 138 valence electrons. The van der Waals surface area contributed by atoms with Crippen LogP contribution in [0.2, 0.25) is 5.02 Å². The lowest BCUT2D eigenvalue weighted by Crippen LogP contribution is -2.30. The molecule has 2 aromatic rings. The fraction of sp³-hybridized carbons (Fsp3) is 0.278. The lowest BCUT2D eigenvalue weighted by atomic mass is 10.2. The lowest BCUT2D eigenvalue weighted by Gasteiger charge is -2.14. The van der Waals surface area contributed by atoms with Gasteiger partial charge in [-0.15, -0.1) is 0 Å². The predicted octanol–water partition coefficient (Wildman–Crippen LogP) is 3.07. The van der Waals surface area contributed by atoms with Gasteiger partial charge in [0.1, 0.15) is 11.4 Å². The van der Waals surface area contributed by atoms with Crippen LogP contribution in [0.1, 0.15) is 34.7 Å². The minimum atomic E-state index is -1.04. The Bertz CT molecular complexity index is 859. The van der Waals surface area contributed by atoms with Crippen molar-refractivity contribution in [1.82, 2.24) is 4.57 Å². The Kier molecular flexibility index (Phi) is 6.05. The number of methoxy groups -OCH3 is 1. The van der Waals surface area contributed by atoms with E-state index >= 15 is 0 Å². The second-order valence-electron chi connectivity index (χ2n) is 5.67. The monoisotopic (exact) mass is 378 g/mol. The fourth-order valence-corrected chi connectivity index (χ4v) is 2.48. The number of Topliss-reactive ketones (excluding diaryl/α,β-unsaturated/α-hetero) is 1. The number of benzene rings is 1. The maximum absolute atomic E-state index is 12.2. The molecule has 0 unspecified atom stereocenters. The van der Waals surface area contributed by atoms with Crippen LogP contribution >= 0.6 is 11.6 Å². The van der Waals surface area contributed by atoms with Gasteiger partial charge in [-0.3, -0.25) is 9.59 Å². The molecule has 1 aromatic heterocycles. The molecule has 1 heterocycles. The maximum Gasteiger partial charge on any atom is 0.355 e. The Morgan fingerprint density at radius 3 is 2.46 bits per heavy atom. The van der Waals surface area contributed by atoms with E-state index in [-0.39, 0.29) is 11.5 Å². The average Bonchev–Trinajstić information content (AvgIpc) is 2.97. The molecule has 0 fully saturated rings. The van der Waals surface area contributed by atoms with E-state index in [4.69, 9.17) is 21.1 Å². The fourth-order valence-electron chi connectivity index (χ4n) is 2.22. The molecule has 7 nitrogen and oxygen atoms in total. The Morgan fingerprint density at radius 1 is 1.23 bits per heavy atom. The highest BCUT2D eigenvalue weighted by Gasteiger charge is 2.22. The third-order valence-electron chi connectivity index (χ3n) is 3.69. The molecule has 2 rings (SSSR count). The lowest BCUT2D eigenvalue weighted by molar-refractivity contribution is -0.123. The summed E-state index contributed by atoms with van der Waals surface area (Å²) in [7, 11) is 3.11. The molecule has 1 aromatic carbocycles. The van der Waals surface area contributed by atoms with Crippen LogP contribution in [0.4, 0.5) is 5.69 Å². The summed E-state index contributed by atoms with van der Waals surface area (Å²) in [5.74, 6) is -0.896. The third-order valence-corrected chi connectivity index (χ3v) is 3.99. The van der Waals surface area contributed by atoms with Crippen LogP contribution in [0.25, 0.3) is 0 Å². The van der Waals surface area contributed by atoms with Crippen molar-refractivity contribution in [2.24, 2.45) is 7.05 Å². The van der Waals surface area contributed by atoms with E-state index in [1.807, 2.05) is 0 Å².